The summed E-state index contributed by atoms with van der Waals surface area (Å²) in [5.41, 5.74) is 4.04. The first-order valence-electron chi connectivity index (χ1n) is 7.52. The summed E-state index contributed by atoms with van der Waals surface area (Å²) in [7, 11) is 0. The van der Waals surface area contributed by atoms with Crippen molar-refractivity contribution in [2.45, 2.75) is 25.1 Å². The van der Waals surface area contributed by atoms with Gasteiger partial charge >= 0.3 is 0 Å². The van der Waals surface area contributed by atoms with Gasteiger partial charge in [0.1, 0.15) is 5.75 Å². The summed E-state index contributed by atoms with van der Waals surface area (Å²) >= 11 is 1.99. The fraction of sp³-hybridized carbons (Fsp3) is 0.333. The van der Waals surface area contributed by atoms with Crippen LogP contribution in [-0.4, -0.2) is 12.4 Å². The molecule has 0 amide bonds. The van der Waals surface area contributed by atoms with Gasteiger partial charge in [-0.05, 0) is 41.8 Å². The molecule has 0 aliphatic carbocycles. The molecule has 0 spiro atoms. The summed E-state index contributed by atoms with van der Waals surface area (Å²) in [6.45, 7) is 2.90. The number of hydrogen-bond acceptors (Lipinski definition) is 3. The van der Waals surface area contributed by atoms with Crippen molar-refractivity contribution in [3.8, 4) is 5.75 Å². The topological polar surface area (TPSA) is 21.3 Å². The number of rotatable bonds is 5. The normalized spacial score (nSPS) is 17.1. The third-order valence-corrected chi connectivity index (χ3v) is 4.72. The van der Waals surface area contributed by atoms with E-state index in [1.54, 1.807) is 0 Å². The van der Waals surface area contributed by atoms with E-state index in [0.717, 1.165) is 36.0 Å². The zero-order valence-electron chi connectivity index (χ0n) is 12.3. The van der Waals surface area contributed by atoms with Crippen LogP contribution in [0.1, 0.15) is 30.5 Å². The standard InChI is InChI=1S/C18H21NOS/c1-2-11-20-16-9-7-15(8-10-16)19-18-13-21-12-14-5-3-4-6-17(14)18/h3-10,18-19H,2,11-13H2,1H3. The molecule has 2 aromatic rings. The van der Waals surface area contributed by atoms with E-state index in [-0.39, 0.29) is 0 Å². The number of fused-ring (bicyclic) bond motifs is 1. The van der Waals surface area contributed by atoms with Crippen LogP contribution in [0.4, 0.5) is 5.69 Å². The van der Waals surface area contributed by atoms with Gasteiger partial charge < -0.3 is 10.1 Å². The maximum absolute atomic E-state index is 5.62. The highest BCUT2D eigenvalue weighted by Crippen LogP contribution is 2.34. The van der Waals surface area contributed by atoms with E-state index < -0.39 is 0 Å². The van der Waals surface area contributed by atoms with Crippen LogP contribution in [0.25, 0.3) is 0 Å². The van der Waals surface area contributed by atoms with Crippen molar-refractivity contribution in [1.29, 1.82) is 0 Å². The molecule has 0 radical (unpaired) electrons. The predicted octanol–water partition coefficient (Wildman–Crippen LogP) is 4.88. The molecule has 1 heterocycles. The second-order valence-electron chi connectivity index (χ2n) is 5.28. The van der Waals surface area contributed by atoms with Crippen molar-refractivity contribution in [3.63, 3.8) is 0 Å². The van der Waals surface area contributed by atoms with Crippen LogP contribution in [0, 0.1) is 0 Å². The molecular formula is C18H21NOS. The third-order valence-electron chi connectivity index (χ3n) is 3.64. The molecule has 1 aliphatic rings. The summed E-state index contributed by atoms with van der Waals surface area (Å²) in [5, 5.41) is 3.64. The summed E-state index contributed by atoms with van der Waals surface area (Å²) in [6.07, 6.45) is 1.04. The average molecular weight is 299 g/mol. The van der Waals surface area contributed by atoms with E-state index in [1.165, 1.54) is 11.1 Å². The Balaban J connectivity index is 1.70. The van der Waals surface area contributed by atoms with Gasteiger partial charge in [-0.15, -0.1) is 0 Å². The van der Waals surface area contributed by atoms with E-state index in [2.05, 4.69) is 48.6 Å². The lowest BCUT2D eigenvalue weighted by atomic mass is 10.0. The zero-order valence-corrected chi connectivity index (χ0v) is 13.2. The van der Waals surface area contributed by atoms with Gasteiger partial charge in [0.15, 0.2) is 0 Å². The molecule has 1 aliphatic heterocycles. The van der Waals surface area contributed by atoms with E-state index in [1.807, 2.05) is 23.9 Å². The van der Waals surface area contributed by atoms with Crippen LogP contribution in [-0.2, 0) is 5.75 Å². The Morgan fingerprint density at radius 2 is 1.95 bits per heavy atom. The van der Waals surface area contributed by atoms with E-state index in [0.29, 0.717) is 6.04 Å². The first-order chi connectivity index (χ1) is 10.4. The second-order valence-corrected chi connectivity index (χ2v) is 6.31. The average Bonchev–Trinajstić information content (AvgIpc) is 2.55. The first-order valence-corrected chi connectivity index (χ1v) is 8.67. The number of hydrogen-bond donors (Lipinski definition) is 1. The molecule has 0 saturated carbocycles. The van der Waals surface area contributed by atoms with Crippen molar-refractivity contribution >= 4 is 17.4 Å². The van der Waals surface area contributed by atoms with Gasteiger partial charge in [0, 0.05) is 17.2 Å². The molecule has 1 N–H and O–H groups in total. The lowest BCUT2D eigenvalue weighted by molar-refractivity contribution is 0.317. The molecule has 1 unspecified atom stereocenters. The number of thioether (sulfide) groups is 1. The Bertz CT molecular complexity index is 582. The maximum Gasteiger partial charge on any atom is 0.119 e. The lowest BCUT2D eigenvalue weighted by Gasteiger charge is -2.27. The van der Waals surface area contributed by atoms with Crippen molar-refractivity contribution < 1.29 is 4.74 Å². The van der Waals surface area contributed by atoms with E-state index in [9.17, 15) is 0 Å². The highest BCUT2D eigenvalue weighted by molar-refractivity contribution is 7.98. The SMILES string of the molecule is CCCOc1ccc(NC2CSCc3ccccc32)cc1. The van der Waals surface area contributed by atoms with E-state index >= 15 is 0 Å². The van der Waals surface area contributed by atoms with Gasteiger partial charge in [0.2, 0.25) is 0 Å². The lowest BCUT2D eigenvalue weighted by Crippen LogP contribution is -2.18. The molecule has 110 valence electrons. The highest BCUT2D eigenvalue weighted by Gasteiger charge is 2.19. The smallest absolute Gasteiger partial charge is 0.119 e. The monoisotopic (exact) mass is 299 g/mol. The van der Waals surface area contributed by atoms with Gasteiger partial charge in [-0.2, -0.15) is 11.8 Å². The Kier molecular flexibility index (Phi) is 4.71. The van der Waals surface area contributed by atoms with Crippen molar-refractivity contribution in [1.82, 2.24) is 0 Å². The number of anilines is 1. The molecule has 3 rings (SSSR count). The fourth-order valence-corrected chi connectivity index (χ4v) is 3.67. The second kappa shape index (κ2) is 6.90. The van der Waals surface area contributed by atoms with Crippen LogP contribution in [0.5, 0.6) is 5.75 Å². The minimum atomic E-state index is 0.391. The summed E-state index contributed by atoms with van der Waals surface area (Å²) in [4.78, 5) is 0. The Morgan fingerprint density at radius 1 is 1.14 bits per heavy atom. The number of nitrogens with one attached hydrogen (secondary N) is 1. The van der Waals surface area contributed by atoms with Gasteiger partial charge in [0.05, 0.1) is 12.6 Å². The third kappa shape index (κ3) is 3.53. The van der Waals surface area contributed by atoms with E-state index in [4.69, 9.17) is 4.74 Å². The van der Waals surface area contributed by atoms with Gasteiger partial charge in [-0.1, -0.05) is 31.2 Å². The quantitative estimate of drug-likeness (QED) is 0.850. The highest BCUT2D eigenvalue weighted by atomic mass is 32.2. The van der Waals surface area contributed by atoms with Crippen LogP contribution >= 0.6 is 11.8 Å². The number of ether oxygens (including phenoxy) is 1. The van der Waals surface area contributed by atoms with Crippen molar-refractivity contribution in [3.05, 3.63) is 59.7 Å². The van der Waals surface area contributed by atoms with Crippen LogP contribution < -0.4 is 10.1 Å². The zero-order chi connectivity index (χ0) is 14.5. The van der Waals surface area contributed by atoms with Crippen LogP contribution in [0.2, 0.25) is 0 Å². The summed E-state index contributed by atoms with van der Waals surface area (Å²) < 4.78 is 5.62. The minimum absolute atomic E-state index is 0.391. The molecular weight excluding hydrogens is 278 g/mol. The largest absolute Gasteiger partial charge is 0.494 e. The summed E-state index contributed by atoms with van der Waals surface area (Å²) in [6, 6.07) is 17.4. The molecule has 0 aromatic heterocycles. The first kappa shape index (κ1) is 14.3. The van der Waals surface area contributed by atoms with Crippen molar-refractivity contribution in [2.75, 3.05) is 17.7 Å². The van der Waals surface area contributed by atoms with Crippen LogP contribution in [0.3, 0.4) is 0 Å². The molecule has 1 atom stereocenters. The predicted molar refractivity (Wildman–Crippen MR) is 91.2 cm³/mol. The summed E-state index contributed by atoms with van der Waals surface area (Å²) in [5.74, 6) is 3.18. The van der Waals surface area contributed by atoms with Gasteiger partial charge in [-0.25, -0.2) is 0 Å². The Morgan fingerprint density at radius 3 is 2.76 bits per heavy atom. The minimum Gasteiger partial charge on any atom is -0.494 e. The molecule has 0 bridgehead atoms. The molecule has 2 nitrogen and oxygen atoms in total. The molecule has 0 saturated heterocycles. The molecule has 0 fully saturated rings. The Hall–Kier alpha value is -1.61. The molecule has 2 aromatic carbocycles. The Labute approximate surface area is 130 Å². The van der Waals surface area contributed by atoms with Gasteiger partial charge in [-0.3, -0.25) is 0 Å². The fourth-order valence-electron chi connectivity index (χ4n) is 2.57. The maximum atomic E-state index is 5.62. The number of benzene rings is 2. The van der Waals surface area contributed by atoms with Gasteiger partial charge in [0.25, 0.3) is 0 Å². The molecule has 3 heteroatoms. The van der Waals surface area contributed by atoms with Crippen LogP contribution in [0.15, 0.2) is 48.5 Å². The molecule has 21 heavy (non-hydrogen) atoms. The van der Waals surface area contributed by atoms with Crippen molar-refractivity contribution in [2.24, 2.45) is 0 Å².